The summed E-state index contributed by atoms with van der Waals surface area (Å²) in [4.78, 5) is 38.9. The van der Waals surface area contributed by atoms with Gasteiger partial charge in [0.2, 0.25) is 5.91 Å². The fraction of sp³-hybridized carbons (Fsp3) is 0.194. The van der Waals surface area contributed by atoms with Crippen molar-refractivity contribution in [1.82, 2.24) is 20.0 Å². The summed E-state index contributed by atoms with van der Waals surface area (Å²) in [6.45, 7) is 5.76. The zero-order chi connectivity index (χ0) is 26.4. The summed E-state index contributed by atoms with van der Waals surface area (Å²) >= 11 is 0. The maximum absolute atomic E-state index is 13.7. The molecule has 0 unspecified atom stereocenters. The van der Waals surface area contributed by atoms with Crippen LogP contribution in [-0.4, -0.2) is 31.6 Å². The van der Waals surface area contributed by atoms with E-state index in [0.29, 0.717) is 17.7 Å². The molecule has 1 atom stereocenters. The minimum absolute atomic E-state index is 0.0988. The number of aromatic amines is 1. The number of hydrogen-bond donors (Lipinski definition) is 1. The Labute approximate surface area is 219 Å². The van der Waals surface area contributed by atoms with Crippen molar-refractivity contribution in [2.75, 3.05) is 0 Å². The number of H-pyrrole nitrogens is 1. The molecule has 0 aliphatic carbocycles. The van der Waals surface area contributed by atoms with Crippen LogP contribution < -0.4 is 5.56 Å². The first-order valence-corrected chi connectivity index (χ1v) is 12.7. The molecule has 1 N–H and O–H groups in total. The molecule has 0 saturated heterocycles. The number of hydrogen-bond acceptors (Lipinski definition) is 5. The molecule has 2 aromatic heterocycles. The molecule has 0 bridgehead atoms. The number of para-hydroxylation sites is 1. The van der Waals surface area contributed by atoms with Gasteiger partial charge in [0.05, 0.1) is 28.4 Å². The van der Waals surface area contributed by atoms with Crippen LogP contribution in [0.1, 0.15) is 43.0 Å². The maximum atomic E-state index is 13.7. The van der Waals surface area contributed by atoms with Gasteiger partial charge in [0.15, 0.2) is 0 Å². The van der Waals surface area contributed by atoms with Gasteiger partial charge in [-0.05, 0) is 36.2 Å². The first-order valence-electron chi connectivity index (χ1n) is 12.7. The topological polar surface area (TPSA) is 91.3 Å². The molecule has 0 radical (unpaired) electrons. The Morgan fingerprint density at radius 3 is 2.45 bits per heavy atom. The molecule has 7 heteroatoms. The number of nitrogens with one attached hydrogen (secondary N) is 1. The van der Waals surface area contributed by atoms with Gasteiger partial charge in [-0.15, -0.1) is 0 Å². The average molecular weight is 502 g/mol. The van der Waals surface area contributed by atoms with E-state index in [0.717, 1.165) is 44.2 Å². The first-order chi connectivity index (χ1) is 18.4. The van der Waals surface area contributed by atoms with Crippen LogP contribution in [0.4, 0.5) is 0 Å². The number of rotatable bonds is 4. The van der Waals surface area contributed by atoms with Crippen molar-refractivity contribution in [3.63, 3.8) is 0 Å². The number of carbonyl (C=O) groups excluding carboxylic acids is 1. The van der Waals surface area contributed by atoms with Crippen LogP contribution in [0.25, 0.3) is 33.1 Å². The second-order valence-corrected chi connectivity index (χ2v) is 10.0. The number of fused-ring (bicyclic) bond motifs is 2. The van der Waals surface area contributed by atoms with Crippen LogP contribution in [0.3, 0.4) is 0 Å². The van der Waals surface area contributed by atoms with Gasteiger partial charge >= 0.3 is 0 Å². The highest BCUT2D eigenvalue weighted by atomic mass is 16.2. The van der Waals surface area contributed by atoms with Gasteiger partial charge in [0.1, 0.15) is 0 Å². The Kier molecular flexibility index (Phi) is 5.83. The van der Waals surface area contributed by atoms with Crippen molar-refractivity contribution in [1.29, 1.82) is 0 Å². The fourth-order valence-electron chi connectivity index (χ4n) is 5.11. The standard InChI is InChI=1S/C31H27N5O2/c1-18(2)31(38)36-27(21-12-13-24-25(16-21)33-15-14-32-24)17-26(35-36)29-28(20-10-8-19(3)9-11-20)22-6-4-5-7-23(22)34-30(29)37/h4-16,18,27H,17H2,1-3H3,(H,34,37)/t27-/m1/s1. The average Bonchev–Trinajstić information content (AvgIpc) is 3.37. The summed E-state index contributed by atoms with van der Waals surface area (Å²) in [5.41, 5.74) is 6.95. The summed E-state index contributed by atoms with van der Waals surface area (Å²) in [5.74, 6) is -0.356. The van der Waals surface area contributed by atoms with Crippen LogP contribution >= 0.6 is 0 Å². The number of benzene rings is 3. The number of nitrogens with zero attached hydrogens (tertiary/aromatic N) is 4. The monoisotopic (exact) mass is 501 g/mol. The molecule has 188 valence electrons. The van der Waals surface area contributed by atoms with Gasteiger partial charge in [-0.1, -0.05) is 67.9 Å². The zero-order valence-electron chi connectivity index (χ0n) is 21.5. The van der Waals surface area contributed by atoms with E-state index in [1.165, 1.54) is 0 Å². The summed E-state index contributed by atoms with van der Waals surface area (Å²) in [6, 6.07) is 21.4. The summed E-state index contributed by atoms with van der Waals surface area (Å²) < 4.78 is 0. The molecule has 0 spiro atoms. The lowest BCUT2D eigenvalue weighted by molar-refractivity contribution is -0.136. The number of pyridine rings is 1. The van der Waals surface area contributed by atoms with E-state index in [2.05, 4.69) is 15.0 Å². The molecule has 1 aliphatic heterocycles. The number of hydrazone groups is 1. The molecule has 1 aliphatic rings. The molecule has 0 fully saturated rings. The molecule has 38 heavy (non-hydrogen) atoms. The molecule has 1 amide bonds. The third kappa shape index (κ3) is 4.06. The largest absolute Gasteiger partial charge is 0.321 e. The Morgan fingerprint density at radius 2 is 1.68 bits per heavy atom. The lowest BCUT2D eigenvalue weighted by atomic mass is 9.90. The van der Waals surface area contributed by atoms with Crippen molar-refractivity contribution < 1.29 is 4.79 Å². The summed E-state index contributed by atoms with van der Waals surface area (Å²) in [6.07, 6.45) is 3.72. The van der Waals surface area contributed by atoms with E-state index >= 15 is 0 Å². The van der Waals surface area contributed by atoms with Crippen LogP contribution in [-0.2, 0) is 4.79 Å². The lowest BCUT2D eigenvalue weighted by Crippen LogP contribution is -2.30. The highest BCUT2D eigenvalue weighted by Crippen LogP contribution is 2.38. The molecular weight excluding hydrogens is 474 g/mol. The van der Waals surface area contributed by atoms with Gasteiger partial charge < -0.3 is 4.98 Å². The Balaban J connectivity index is 1.55. The zero-order valence-corrected chi connectivity index (χ0v) is 21.5. The molecule has 6 rings (SSSR count). The Bertz CT molecular complexity index is 1790. The van der Waals surface area contributed by atoms with E-state index in [1.807, 2.05) is 87.5 Å². The first kappa shape index (κ1) is 23.7. The van der Waals surface area contributed by atoms with Crippen molar-refractivity contribution in [2.45, 2.75) is 33.2 Å². The third-order valence-electron chi connectivity index (χ3n) is 7.06. The molecule has 7 nitrogen and oxygen atoms in total. The predicted molar refractivity (Wildman–Crippen MR) is 150 cm³/mol. The number of carbonyl (C=O) groups is 1. The van der Waals surface area contributed by atoms with E-state index in [1.54, 1.807) is 17.4 Å². The van der Waals surface area contributed by atoms with E-state index in [9.17, 15) is 9.59 Å². The normalized spacial score (nSPS) is 15.4. The minimum Gasteiger partial charge on any atom is -0.321 e. The highest BCUT2D eigenvalue weighted by molar-refractivity contribution is 6.13. The number of aromatic nitrogens is 3. The number of aryl methyl sites for hydroxylation is 1. The van der Waals surface area contributed by atoms with Crippen molar-refractivity contribution in [3.8, 4) is 11.1 Å². The Morgan fingerprint density at radius 1 is 0.947 bits per heavy atom. The SMILES string of the molecule is Cc1ccc(-c2c(C3=NN(C(=O)C(C)C)[C@@H](c4ccc5nccnc5c4)C3)c(=O)[nH]c3ccccc23)cc1. The molecule has 5 aromatic rings. The predicted octanol–water partition coefficient (Wildman–Crippen LogP) is 5.78. The van der Waals surface area contributed by atoms with Gasteiger partial charge in [0.25, 0.3) is 5.56 Å². The van der Waals surface area contributed by atoms with Gasteiger partial charge in [-0.2, -0.15) is 5.10 Å². The maximum Gasteiger partial charge on any atom is 0.258 e. The number of amides is 1. The minimum atomic E-state index is -0.358. The van der Waals surface area contributed by atoms with Crippen LogP contribution in [0, 0.1) is 12.8 Å². The molecule has 3 heterocycles. The third-order valence-corrected chi connectivity index (χ3v) is 7.06. The Hall–Kier alpha value is -4.65. The second kappa shape index (κ2) is 9.34. The van der Waals surface area contributed by atoms with Crippen molar-refractivity contribution in [3.05, 3.63) is 106 Å². The van der Waals surface area contributed by atoms with E-state index in [4.69, 9.17) is 5.10 Å². The van der Waals surface area contributed by atoms with Crippen LogP contribution in [0.15, 0.2) is 89.0 Å². The summed E-state index contributed by atoms with van der Waals surface area (Å²) in [7, 11) is 0. The van der Waals surface area contributed by atoms with Crippen LogP contribution in [0.2, 0.25) is 0 Å². The van der Waals surface area contributed by atoms with E-state index in [-0.39, 0.29) is 23.4 Å². The van der Waals surface area contributed by atoms with Gasteiger partial charge in [0, 0.05) is 41.2 Å². The van der Waals surface area contributed by atoms with Crippen molar-refractivity contribution >= 4 is 33.6 Å². The molecule has 3 aromatic carbocycles. The van der Waals surface area contributed by atoms with Crippen LogP contribution in [0.5, 0.6) is 0 Å². The molecular formula is C31H27N5O2. The van der Waals surface area contributed by atoms with Gasteiger partial charge in [-0.3, -0.25) is 19.6 Å². The van der Waals surface area contributed by atoms with Gasteiger partial charge in [-0.25, -0.2) is 5.01 Å². The van der Waals surface area contributed by atoms with E-state index < -0.39 is 0 Å². The summed E-state index contributed by atoms with van der Waals surface area (Å²) in [5, 5.41) is 7.31. The highest BCUT2D eigenvalue weighted by Gasteiger charge is 2.36. The smallest absolute Gasteiger partial charge is 0.258 e. The second-order valence-electron chi connectivity index (χ2n) is 10.0. The lowest BCUT2D eigenvalue weighted by Gasteiger charge is -2.23. The quantitative estimate of drug-likeness (QED) is 0.338. The molecule has 0 saturated carbocycles. The van der Waals surface area contributed by atoms with Crippen molar-refractivity contribution in [2.24, 2.45) is 11.0 Å². The fourth-order valence-corrected chi connectivity index (χ4v) is 5.11.